The number of fused-ring (bicyclic) bond motifs is 3. The third-order valence-electron chi connectivity index (χ3n) is 4.42. The molecule has 0 radical (unpaired) electrons. The summed E-state index contributed by atoms with van der Waals surface area (Å²) in [5, 5.41) is 0. The van der Waals surface area contributed by atoms with E-state index in [2.05, 4.69) is 0 Å². The highest BCUT2D eigenvalue weighted by atomic mass is 16.7. The lowest BCUT2D eigenvalue weighted by atomic mass is 9.95. The van der Waals surface area contributed by atoms with Crippen LogP contribution in [0.2, 0.25) is 0 Å². The Bertz CT molecular complexity index is 1070. The van der Waals surface area contributed by atoms with Crippen LogP contribution >= 0.6 is 0 Å². The van der Waals surface area contributed by atoms with Gasteiger partial charge in [0.1, 0.15) is 0 Å². The minimum atomic E-state index is -1.38. The van der Waals surface area contributed by atoms with Gasteiger partial charge < -0.3 is 14.2 Å². The van der Waals surface area contributed by atoms with E-state index >= 15 is 0 Å². The molecule has 0 aromatic heterocycles. The number of hydrogen-bond donors (Lipinski definition) is 0. The summed E-state index contributed by atoms with van der Waals surface area (Å²) in [5.74, 6) is -1.97. The Labute approximate surface area is 166 Å². The van der Waals surface area contributed by atoms with E-state index in [-0.39, 0.29) is 11.1 Å². The predicted octanol–water partition coefficient (Wildman–Crippen LogP) is 3.86. The number of benzene rings is 3. The van der Waals surface area contributed by atoms with Crippen molar-refractivity contribution in [2.24, 2.45) is 0 Å². The highest BCUT2D eigenvalue weighted by Crippen LogP contribution is 2.29. The summed E-state index contributed by atoms with van der Waals surface area (Å²) in [5.41, 5.74) is 1.95. The summed E-state index contributed by atoms with van der Waals surface area (Å²) in [6.07, 6.45) is -1.38. The van der Waals surface area contributed by atoms with Crippen molar-refractivity contribution < 1.29 is 28.6 Å². The molecule has 0 aliphatic carbocycles. The van der Waals surface area contributed by atoms with Crippen LogP contribution in [-0.4, -0.2) is 30.8 Å². The summed E-state index contributed by atoms with van der Waals surface area (Å²) in [4.78, 5) is 37.7. The average molecular weight is 388 g/mol. The zero-order chi connectivity index (χ0) is 20.2. The molecule has 4 rings (SSSR count). The molecule has 1 aliphatic rings. The molecule has 0 spiro atoms. The number of ether oxygens (including phenoxy) is 3. The van der Waals surface area contributed by atoms with E-state index in [0.717, 1.165) is 0 Å². The first-order valence-electron chi connectivity index (χ1n) is 8.96. The van der Waals surface area contributed by atoms with Crippen molar-refractivity contribution in [2.45, 2.75) is 6.29 Å². The molecular weight excluding hydrogens is 372 g/mol. The zero-order valence-electron chi connectivity index (χ0n) is 15.2. The maximum atomic E-state index is 12.8. The van der Waals surface area contributed by atoms with E-state index in [0.29, 0.717) is 16.7 Å². The number of cyclic esters (lactones) is 2. The van der Waals surface area contributed by atoms with Crippen LogP contribution in [0.4, 0.5) is 0 Å². The van der Waals surface area contributed by atoms with Gasteiger partial charge in [-0.2, -0.15) is 0 Å². The second kappa shape index (κ2) is 7.98. The van der Waals surface area contributed by atoms with Crippen molar-refractivity contribution in [3.63, 3.8) is 0 Å². The van der Waals surface area contributed by atoms with E-state index in [1.165, 1.54) is 0 Å². The highest BCUT2D eigenvalue weighted by Gasteiger charge is 2.28. The van der Waals surface area contributed by atoms with Crippen LogP contribution in [0.1, 0.15) is 31.1 Å². The van der Waals surface area contributed by atoms with Crippen molar-refractivity contribution in [3.8, 4) is 11.1 Å². The van der Waals surface area contributed by atoms with Crippen LogP contribution in [0.15, 0.2) is 78.9 Å². The van der Waals surface area contributed by atoms with Gasteiger partial charge >= 0.3 is 17.9 Å². The molecule has 0 unspecified atom stereocenters. The fourth-order valence-corrected chi connectivity index (χ4v) is 3.05. The maximum absolute atomic E-state index is 12.8. The number of carbonyl (C=O) groups excluding carboxylic acids is 3. The van der Waals surface area contributed by atoms with Gasteiger partial charge in [0.25, 0.3) is 6.29 Å². The van der Waals surface area contributed by atoms with Gasteiger partial charge in [-0.1, -0.05) is 54.6 Å². The van der Waals surface area contributed by atoms with E-state index in [4.69, 9.17) is 14.2 Å². The van der Waals surface area contributed by atoms with Crippen molar-refractivity contribution in [2.75, 3.05) is 6.61 Å². The highest BCUT2D eigenvalue weighted by molar-refractivity contribution is 6.03. The molecule has 0 N–H and O–H groups in total. The molecule has 1 aliphatic heterocycles. The third kappa shape index (κ3) is 3.87. The van der Waals surface area contributed by atoms with E-state index < -0.39 is 30.8 Å². The minimum absolute atomic E-state index is 0.260. The first-order chi connectivity index (χ1) is 14.1. The van der Waals surface area contributed by atoms with Gasteiger partial charge in [-0.25, -0.2) is 14.4 Å². The van der Waals surface area contributed by atoms with Crippen LogP contribution in [0.3, 0.4) is 0 Å². The molecule has 0 amide bonds. The molecule has 144 valence electrons. The Hall–Kier alpha value is -3.93. The molecule has 1 heterocycles. The maximum Gasteiger partial charge on any atom is 0.341 e. The van der Waals surface area contributed by atoms with Crippen LogP contribution in [0.25, 0.3) is 11.1 Å². The molecule has 0 saturated heterocycles. The van der Waals surface area contributed by atoms with Gasteiger partial charge in [0.05, 0.1) is 16.7 Å². The summed E-state index contributed by atoms with van der Waals surface area (Å²) < 4.78 is 15.9. The first-order valence-corrected chi connectivity index (χ1v) is 8.96. The summed E-state index contributed by atoms with van der Waals surface area (Å²) in [7, 11) is 0. The minimum Gasteiger partial charge on any atom is -0.454 e. The third-order valence-corrected chi connectivity index (χ3v) is 4.42. The fourth-order valence-electron chi connectivity index (χ4n) is 3.05. The lowest BCUT2D eigenvalue weighted by Crippen LogP contribution is -2.31. The summed E-state index contributed by atoms with van der Waals surface area (Å²) >= 11 is 0. The Morgan fingerprint density at radius 1 is 0.724 bits per heavy atom. The van der Waals surface area contributed by atoms with Crippen LogP contribution in [-0.2, 0) is 14.2 Å². The first kappa shape index (κ1) is 18.4. The summed E-state index contributed by atoms with van der Waals surface area (Å²) in [6.45, 7) is -0.417. The molecule has 0 bridgehead atoms. The second-order valence-electron chi connectivity index (χ2n) is 6.30. The molecule has 3 aromatic rings. The quantitative estimate of drug-likeness (QED) is 0.620. The smallest absolute Gasteiger partial charge is 0.341 e. The second-order valence-corrected chi connectivity index (χ2v) is 6.30. The van der Waals surface area contributed by atoms with Crippen molar-refractivity contribution in [3.05, 3.63) is 95.6 Å². The van der Waals surface area contributed by atoms with Gasteiger partial charge in [0.15, 0.2) is 6.61 Å². The van der Waals surface area contributed by atoms with Gasteiger partial charge in [-0.3, -0.25) is 0 Å². The van der Waals surface area contributed by atoms with E-state index in [9.17, 15) is 14.4 Å². The topological polar surface area (TPSA) is 78.9 Å². The standard InChI is InChI=1S/C23H16O6/c24-21(15-8-2-1-3-9-15)28-20-14-27-22(25)18-12-6-4-10-16(18)17-11-5-7-13-19(17)23(26)29-20/h1-13,20H,14H2/t20-/m1/s1. The normalized spacial score (nSPS) is 15.9. The molecule has 6 heteroatoms. The number of rotatable bonds is 2. The molecular formula is C23H16O6. The molecule has 6 nitrogen and oxygen atoms in total. The van der Waals surface area contributed by atoms with Gasteiger partial charge in [0.2, 0.25) is 0 Å². The number of hydrogen-bond acceptors (Lipinski definition) is 6. The SMILES string of the molecule is O=C(O[C@H]1COC(=O)c2ccccc2-c2ccccc2C(=O)O1)c1ccccc1. The van der Waals surface area contributed by atoms with E-state index in [1.54, 1.807) is 78.9 Å². The Balaban J connectivity index is 1.68. The van der Waals surface area contributed by atoms with Crippen molar-refractivity contribution >= 4 is 17.9 Å². The Morgan fingerprint density at radius 2 is 1.24 bits per heavy atom. The number of carbonyl (C=O) groups is 3. The molecule has 0 saturated carbocycles. The molecule has 0 fully saturated rings. The molecule has 3 aromatic carbocycles. The van der Waals surface area contributed by atoms with Crippen LogP contribution in [0.5, 0.6) is 0 Å². The molecule has 29 heavy (non-hydrogen) atoms. The van der Waals surface area contributed by atoms with Gasteiger partial charge in [-0.15, -0.1) is 0 Å². The lowest BCUT2D eigenvalue weighted by Gasteiger charge is -2.21. The average Bonchev–Trinajstić information content (AvgIpc) is 2.77. The summed E-state index contributed by atoms with van der Waals surface area (Å²) in [6, 6.07) is 21.9. The van der Waals surface area contributed by atoms with Gasteiger partial charge in [0, 0.05) is 0 Å². The zero-order valence-corrected chi connectivity index (χ0v) is 15.2. The fraction of sp³-hybridized carbons (Fsp3) is 0.0870. The van der Waals surface area contributed by atoms with Crippen LogP contribution in [0, 0.1) is 0 Å². The van der Waals surface area contributed by atoms with E-state index in [1.807, 2.05) is 0 Å². The Morgan fingerprint density at radius 3 is 1.86 bits per heavy atom. The predicted molar refractivity (Wildman–Crippen MR) is 103 cm³/mol. The van der Waals surface area contributed by atoms with Crippen molar-refractivity contribution in [1.82, 2.24) is 0 Å². The number of esters is 3. The lowest BCUT2D eigenvalue weighted by molar-refractivity contribution is -0.105. The van der Waals surface area contributed by atoms with Crippen molar-refractivity contribution in [1.29, 1.82) is 0 Å². The van der Waals surface area contributed by atoms with Gasteiger partial charge in [-0.05, 0) is 35.4 Å². The monoisotopic (exact) mass is 388 g/mol. The largest absolute Gasteiger partial charge is 0.454 e. The molecule has 1 atom stereocenters. The van der Waals surface area contributed by atoms with Crippen LogP contribution < -0.4 is 0 Å². The Kier molecular flexibility index (Phi) is 5.07.